The highest BCUT2D eigenvalue weighted by molar-refractivity contribution is 4.94. The molecule has 18 heavy (non-hydrogen) atoms. The van der Waals surface area contributed by atoms with Gasteiger partial charge in [-0.2, -0.15) is 0 Å². The summed E-state index contributed by atoms with van der Waals surface area (Å²) in [4.78, 5) is 0. The van der Waals surface area contributed by atoms with E-state index in [0.29, 0.717) is 0 Å². The summed E-state index contributed by atoms with van der Waals surface area (Å²) in [5.74, 6) is 0. The number of hydrogen-bond acceptors (Lipinski definition) is 3. The Kier molecular flexibility index (Phi) is 4.87. The zero-order chi connectivity index (χ0) is 13.8. The topological polar surface area (TPSA) is 39.9 Å². The van der Waals surface area contributed by atoms with Crippen LogP contribution >= 0.6 is 0 Å². The highest BCUT2D eigenvalue weighted by Crippen LogP contribution is 2.12. The molecular weight excluding hydrogens is 228 g/mol. The van der Waals surface area contributed by atoms with Gasteiger partial charge < -0.3 is 9.22 Å². The Morgan fingerprint density at radius 2 is 1.94 bits per heavy atom. The maximum absolute atomic E-state index is 5.13. The molecule has 0 fully saturated rings. The van der Waals surface area contributed by atoms with E-state index in [2.05, 4.69) is 51.4 Å². The average Bonchev–Trinajstić information content (AvgIpc) is 2.72. The van der Waals surface area contributed by atoms with E-state index in [1.807, 2.05) is 4.68 Å². The molecule has 0 radical (unpaired) electrons. The summed E-state index contributed by atoms with van der Waals surface area (Å²) in [6.45, 7) is 9.25. The van der Waals surface area contributed by atoms with Crippen LogP contribution in [0.5, 0.6) is 0 Å². The first kappa shape index (κ1) is 15.1. The van der Waals surface area contributed by atoms with Crippen LogP contribution < -0.4 is 0 Å². The second-order valence-corrected chi connectivity index (χ2v) is 6.45. The van der Waals surface area contributed by atoms with Gasteiger partial charge in [-0.1, -0.05) is 5.21 Å². The van der Waals surface area contributed by atoms with Crippen LogP contribution in [0.1, 0.15) is 26.5 Å². The Hall–Kier alpha value is -0.940. The average molecular weight is 255 g/mol. The molecule has 0 aliphatic rings. The van der Waals surface area contributed by atoms with Gasteiger partial charge in [-0.15, -0.1) is 5.10 Å². The first-order valence-electron chi connectivity index (χ1n) is 6.47. The van der Waals surface area contributed by atoms with Crippen LogP contribution in [0.4, 0.5) is 0 Å². The number of methoxy groups -OCH3 is 1. The molecule has 0 aromatic carbocycles. The lowest BCUT2D eigenvalue weighted by Crippen LogP contribution is -2.43. The summed E-state index contributed by atoms with van der Waals surface area (Å²) in [6.07, 6.45) is 3.00. The van der Waals surface area contributed by atoms with Crippen molar-refractivity contribution in [2.75, 3.05) is 40.9 Å². The van der Waals surface area contributed by atoms with E-state index in [9.17, 15) is 0 Å². The Labute approximate surface area is 110 Å². The van der Waals surface area contributed by atoms with Gasteiger partial charge in [0.2, 0.25) is 0 Å². The highest BCUT2D eigenvalue weighted by Gasteiger charge is 2.18. The van der Waals surface area contributed by atoms with Crippen molar-refractivity contribution in [1.82, 2.24) is 15.0 Å². The maximum atomic E-state index is 5.13. The molecule has 0 saturated heterocycles. The van der Waals surface area contributed by atoms with Crippen molar-refractivity contribution in [1.29, 1.82) is 0 Å². The van der Waals surface area contributed by atoms with Crippen LogP contribution in [0, 0.1) is 0 Å². The van der Waals surface area contributed by atoms with Crippen LogP contribution in [0.25, 0.3) is 0 Å². The van der Waals surface area contributed by atoms with E-state index in [1.165, 1.54) is 0 Å². The minimum atomic E-state index is 0.00563. The number of hydrogen-bond donors (Lipinski definition) is 0. The molecular formula is C13H27N4O+. The molecule has 1 aromatic rings. The number of aromatic nitrogens is 3. The van der Waals surface area contributed by atoms with E-state index < -0.39 is 0 Å². The number of ether oxygens (including phenoxy) is 1. The SMILES string of the molecule is COCC[N+](C)(C)CCc1cn(C(C)(C)C)nn1. The zero-order valence-electron chi connectivity index (χ0n) is 12.6. The van der Waals surface area contributed by atoms with Crippen molar-refractivity contribution < 1.29 is 9.22 Å². The normalized spacial score (nSPS) is 13.0. The third-order valence-corrected chi connectivity index (χ3v) is 3.10. The Morgan fingerprint density at radius 1 is 1.28 bits per heavy atom. The molecule has 0 atom stereocenters. The Bertz CT molecular complexity index is 365. The van der Waals surface area contributed by atoms with Gasteiger partial charge in [-0.3, -0.25) is 0 Å². The van der Waals surface area contributed by atoms with E-state index in [0.717, 1.165) is 36.3 Å². The molecule has 1 rings (SSSR count). The molecule has 0 aliphatic heterocycles. The van der Waals surface area contributed by atoms with Gasteiger partial charge >= 0.3 is 0 Å². The van der Waals surface area contributed by atoms with Gasteiger partial charge in [-0.05, 0) is 20.8 Å². The summed E-state index contributed by atoms with van der Waals surface area (Å²) in [5, 5.41) is 8.42. The summed E-state index contributed by atoms with van der Waals surface area (Å²) in [5.41, 5.74) is 1.07. The molecule has 104 valence electrons. The lowest BCUT2D eigenvalue weighted by atomic mass is 10.1. The van der Waals surface area contributed by atoms with Crippen LogP contribution in [-0.2, 0) is 16.7 Å². The second kappa shape index (κ2) is 5.80. The van der Waals surface area contributed by atoms with Gasteiger partial charge in [0.15, 0.2) is 0 Å². The van der Waals surface area contributed by atoms with Crippen LogP contribution in [0.3, 0.4) is 0 Å². The summed E-state index contributed by atoms with van der Waals surface area (Å²) in [6, 6.07) is 0. The molecule has 5 heteroatoms. The number of rotatable bonds is 6. The van der Waals surface area contributed by atoms with Crippen molar-refractivity contribution in [2.24, 2.45) is 0 Å². The van der Waals surface area contributed by atoms with Crippen LogP contribution in [0.15, 0.2) is 6.20 Å². The maximum Gasteiger partial charge on any atom is 0.102 e. The van der Waals surface area contributed by atoms with Crippen molar-refractivity contribution in [3.8, 4) is 0 Å². The number of quaternary nitrogens is 1. The standard InChI is InChI=1S/C13H27N4O/c1-13(2,3)16-11-12(14-15-16)7-8-17(4,5)9-10-18-6/h11H,7-10H2,1-6H3/q+1. The Balaban J connectivity index is 2.51. The largest absolute Gasteiger partial charge is 0.379 e. The lowest BCUT2D eigenvalue weighted by molar-refractivity contribution is -0.890. The molecule has 0 aliphatic carbocycles. The van der Waals surface area contributed by atoms with Crippen LogP contribution in [0.2, 0.25) is 0 Å². The molecule has 1 aromatic heterocycles. The quantitative estimate of drug-likeness (QED) is 0.719. The fourth-order valence-electron chi connectivity index (χ4n) is 1.61. The molecule has 0 unspecified atom stereocenters. The third-order valence-electron chi connectivity index (χ3n) is 3.10. The fraction of sp³-hybridized carbons (Fsp3) is 0.846. The monoisotopic (exact) mass is 255 g/mol. The first-order valence-corrected chi connectivity index (χ1v) is 6.47. The van der Waals surface area contributed by atoms with Crippen molar-refractivity contribution in [3.05, 3.63) is 11.9 Å². The van der Waals surface area contributed by atoms with Gasteiger partial charge in [0.05, 0.1) is 38.5 Å². The van der Waals surface area contributed by atoms with E-state index in [4.69, 9.17) is 4.74 Å². The van der Waals surface area contributed by atoms with E-state index in [-0.39, 0.29) is 5.54 Å². The smallest absolute Gasteiger partial charge is 0.102 e. The van der Waals surface area contributed by atoms with Gasteiger partial charge in [0.25, 0.3) is 0 Å². The van der Waals surface area contributed by atoms with E-state index in [1.54, 1.807) is 7.11 Å². The molecule has 0 amide bonds. The molecule has 0 N–H and O–H groups in total. The minimum absolute atomic E-state index is 0.00563. The van der Waals surface area contributed by atoms with Gasteiger partial charge in [0, 0.05) is 19.7 Å². The summed E-state index contributed by atoms with van der Waals surface area (Å²) >= 11 is 0. The number of likely N-dealkylation sites (N-methyl/N-ethyl adjacent to an activating group) is 1. The minimum Gasteiger partial charge on any atom is -0.379 e. The molecule has 1 heterocycles. The van der Waals surface area contributed by atoms with Crippen molar-refractivity contribution >= 4 is 0 Å². The summed E-state index contributed by atoms with van der Waals surface area (Å²) < 4.78 is 8.00. The van der Waals surface area contributed by atoms with E-state index >= 15 is 0 Å². The number of nitrogens with zero attached hydrogens (tertiary/aromatic N) is 4. The van der Waals surface area contributed by atoms with Gasteiger partial charge in [0.1, 0.15) is 6.54 Å². The van der Waals surface area contributed by atoms with Crippen molar-refractivity contribution in [2.45, 2.75) is 32.7 Å². The lowest BCUT2D eigenvalue weighted by Gasteiger charge is -2.29. The molecule has 0 saturated carbocycles. The second-order valence-electron chi connectivity index (χ2n) is 6.45. The Morgan fingerprint density at radius 3 is 2.44 bits per heavy atom. The molecule has 0 spiro atoms. The first-order chi connectivity index (χ1) is 8.24. The van der Waals surface area contributed by atoms with Crippen LogP contribution in [-0.4, -0.2) is 60.4 Å². The predicted octanol–water partition coefficient (Wildman–Crippen LogP) is 1.30. The predicted molar refractivity (Wildman–Crippen MR) is 72.4 cm³/mol. The molecule has 0 bridgehead atoms. The van der Waals surface area contributed by atoms with Gasteiger partial charge in [-0.25, -0.2) is 4.68 Å². The third kappa shape index (κ3) is 4.74. The highest BCUT2D eigenvalue weighted by atomic mass is 16.5. The summed E-state index contributed by atoms with van der Waals surface area (Å²) in [7, 11) is 6.18. The fourth-order valence-corrected chi connectivity index (χ4v) is 1.61. The molecule has 5 nitrogen and oxygen atoms in total. The zero-order valence-corrected chi connectivity index (χ0v) is 12.6. The van der Waals surface area contributed by atoms with Crippen molar-refractivity contribution in [3.63, 3.8) is 0 Å².